The summed E-state index contributed by atoms with van der Waals surface area (Å²) >= 11 is 0. The third kappa shape index (κ3) is 3.53. The van der Waals surface area contributed by atoms with Crippen LogP contribution in [0, 0.1) is 5.92 Å². The van der Waals surface area contributed by atoms with Gasteiger partial charge in [-0.25, -0.2) is 0 Å². The van der Waals surface area contributed by atoms with E-state index in [1.165, 1.54) is 6.07 Å². The number of carbonyl (C=O) groups is 1. The molecule has 0 atom stereocenters. The Hall–Kier alpha value is -1.75. The molecule has 5 nitrogen and oxygen atoms in total. The summed E-state index contributed by atoms with van der Waals surface area (Å²) in [6.45, 7) is 5.97. The monoisotopic (exact) mass is 306 g/mol. The molecule has 122 valence electrons. The Balaban J connectivity index is 2.15. The number of phenolic OH excluding ortho intramolecular Hbond substituents is 2. The Bertz CT molecular complexity index is 535. The van der Waals surface area contributed by atoms with Crippen LogP contribution in [0.5, 0.6) is 11.5 Å². The molecule has 1 aliphatic heterocycles. The maximum Gasteiger partial charge on any atom is 0.257 e. The number of carbonyl (C=O) groups excluding carboxylic acids is 1. The van der Waals surface area contributed by atoms with Gasteiger partial charge < -0.3 is 20.8 Å². The van der Waals surface area contributed by atoms with Crippen molar-refractivity contribution in [3.05, 3.63) is 23.3 Å². The van der Waals surface area contributed by atoms with Crippen LogP contribution in [0.15, 0.2) is 12.1 Å². The fraction of sp³-hybridized carbons (Fsp3) is 0.588. The highest BCUT2D eigenvalue weighted by atomic mass is 16.3. The summed E-state index contributed by atoms with van der Waals surface area (Å²) < 4.78 is 0. The minimum atomic E-state index is -0.161. The predicted molar refractivity (Wildman–Crippen MR) is 86.2 cm³/mol. The van der Waals surface area contributed by atoms with E-state index in [1.807, 2.05) is 13.8 Å². The van der Waals surface area contributed by atoms with Gasteiger partial charge in [0, 0.05) is 19.2 Å². The molecule has 0 saturated carbocycles. The Labute approximate surface area is 131 Å². The molecule has 22 heavy (non-hydrogen) atoms. The minimum Gasteiger partial charge on any atom is -0.508 e. The first-order chi connectivity index (χ1) is 10.4. The molecule has 0 aliphatic carbocycles. The van der Waals surface area contributed by atoms with E-state index in [0.717, 1.165) is 19.3 Å². The smallest absolute Gasteiger partial charge is 0.257 e. The molecule has 1 aromatic rings. The molecule has 1 amide bonds. The van der Waals surface area contributed by atoms with E-state index in [4.69, 9.17) is 5.73 Å². The van der Waals surface area contributed by atoms with Gasteiger partial charge >= 0.3 is 0 Å². The highest BCUT2D eigenvalue weighted by Gasteiger charge is 2.26. The number of piperidine rings is 1. The fourth-order valence-corrected chi connectivity index (χ4v) is 3.06. The van der Waals surface area contributed by atoms with Gasteiger partial charge in [0.1, 0.15) is 11.5 Å². The number of hydrogen-bond acceptors (Lipinski definition) is 4. The minimum absolute atomic E-state index is 0.0331. The Morgan fingerprint density at radius 2 is 1.91 bits per heavy atom. The number of rotatable bonds is 4. The summed E-state index contributed by atoms with van der Waals surface area (Å²) in [4.78, 5) is 14.4. The van der Waals surface area contributed by atoms with Crippen LogP contribution in [-0.4, -0.2) is 40.7 Å². The quantitative estimate of drug-likeness (QED) is 0.797. The number of hydrogen-bond donors (Lipinski definition) is 3. The lowest BCUT2D eigenvalue weighted by Gasteiger charge is -2.32. The van der Waals surface area contributed by atoms with Crippen molar-refractivity contribution in [1.82, 2.24) is 4.90 Å². The van der Waals surface area contributed by atoms with E-state index in [9.17, 15) is 15.0 Å². The molecule has 5 heteroatoms. The van der Waals surface area contributed by atoms with Gasteiger partial charge in [-0.3, -0.25) is 4.79 Å². The van der Waals surface area contributed by atoms with Crippen LogP contribution in [0.25, 0.3) is 0 Å². The van der Waals surface area contributed by atoms with Crippen molar-refractivity contribution in [2.45, 2.75) is 39.0 Å². The maximum atomic E-state index is 12.6. The summed E-state index contributed by atoms with van der Waals surface area (Å²) in [5, 5.41) is 19.9. The second kappa shape index (κ2) is 7.01. The van der Waals surface area contributed by atoms with E-state index in [-0.39, 0.29) is 28.9 Å². The highest BCUT2D eigenvalue weighted by Crippen LogP contribution is 2.33. The summed E-state index contributed by atoms with van der Waals surface area (Å²) in [6.07, 6.45) is 2.92. The van der Waals surface area contributed by atoms with E-state index in [2.05, 4.69) is 0 Å². The predicted octanol–water partition coefficient (Wildman–Crippen LogP) is 2.42. The van der Waals surface area contributed by atoms with E-state index >= 15 is 0 Å². The third-order valence-electron chi connectivity index (χ3n) is 4.47. The molecule has 0 bridgehead atoms. The lowest BCUT2D eigenvalue weighted by molar-refractivity contribution is 0.0685. The molecule has 1 saturated heterocycles. The first-order valence-corrected chi connectivity index (χ1v) is 7.99. The number of phenols is 2. The Morgan fingerprint density at radius 1 is 1.27 bits per heavy atom. The molecule has 2 rings (SSSR count). The number of nitrogens with zero attached hydrogens (tertiary/aromatic N) is 1. The van der Waals surface area contributed by atoms with E-state index in [0.29, 0.717) is 31.1 Å². The summed E-state index contributed by atoms with van der Waals surface area (Å²) in [7, 11) is 0. The number of nitrogens with two attached hydrogens (primary N) is 1. The summed E-state index contributed by atoms with van der Waals surface area (Å²) in [6, 6.07) is 2.88. The molecular weight excluding hydrogens is 280 g/mol. The van der Waals surface area contributed by atoms with Crippen LogP contribution in [-0.2, 0) is 0 Å². The zero-order valence-electron chi connectivity index (χ0n) is 13.4. The second-order valence-corrected chi connectivity index (χ2v) is 6.40. The lowest BCUT2D eigenvalue weighted by atomic mass is 9.92. The largest absolute Gasteiger partial charge is 0.508 e. The van der Waals surface area contributed by atoms with Crippen molar-refractivity contribution in [2.75, 3.05) is 19.6 Å². The van der Waals surface area contributed by atoms with Gasteiger partial charge in [-0.15, -0.1) is 0 Å². The van der Waals surface area contributed by atoms with Gasteiger partial charge in [-0.05, 0) is 49.3 Å². The third-order valence-corrected chi connectivity index (χ3v) is 4.47. The molecule has 1 fully saturated rings. The van der Waals surface area contributed by atoms with Gasteiger partial charge in [-0.2, -0.15) is 0 Å². The molecule has 1 aliphatic rings. The lowest BCUT2D eigenvalue weighted by Crippen LogP contribution is -2.38. The van der Waals surface area contributed by atoms with Crippen LogP contribution in [0.3, 0.4) is 0 Å². The molecule has 0 spiro atoms. The average molecular weight is 306 g/mol. The standard InChI is InChI=1S/C17H26N2O3/c1-11(2)13-9-14(16(21)10-15(13)20)17(22)19-7-4-12(3-6-18)5-8-19/h9-12,20-21H,3-8,18H2,1-2H3. The SMILES string of the molecule is CC(C)c1cc(C(=O)N2CCC(CCN)CC2)c(O)cc1O. The first kappa shape index (κ1) is 16.6. The molecule has 1 heterocycles. The Morgan fingerprint density at radius 3 is 2.45 bits per heavy atom. The Kier molecular flexibility index (Phi) is 5.29. The van der Waals surface area contributed by atoms with Gasteiger partial charge in [0.15, 0.2) is 0 Å². The zero-order chi connectivity index (χ0) is 16.3. The van der Waals surface area contributed by atoms with Crippen molar-refractivity contribution < 1.29 is 15.0 Å². The maximum absolute atomic E-state index is 12.6. The van der Waals surface area contributed by atoms with Crippen LogP contribution in [0.2, 0.25) is 0 Å². The van der Waals surface area contributed by atoms with Crippen molar-refractivity contribution in [2.24, 2.45) is 11.7 Å². The van der Waals surface area contributed by atoms with Gasteiger partial charge in [-0.1, -0.05) is 13.8 Å². The highest BCUT2D eigenvalue weighted by molar-refractivity contribution is 5.97. The average Bonchev–Trinajstić information content (AvgIpc) is 2.47. The van der Waals surface area contributed by atoms with Gasteiger partial charge in [0.25, 0.3) is 5.91 Å². The van der Waals surface area contributed by atoms with Crippen molar-refractivity contribution in [3.63, 3.8) is 0 Å². The number of amides is 1. The topological polar surface area (TPSA) is 86.8 Å². The second-order valence-electron chi connectivity index (χ2n) is 6.40. The number of likely N-dealkylation sites (tertiary alicyclic amines) is 1. The molecule has 4 N–H and O–H groups in total. The molecule has 0 unspecified atom stereocenters. The molecule has 0 aromatic heterocycles. The first-order valence-electron chi connectivity index (χ1n) is 7.99. The zero-order valence-corrected chi connectivity index (χ0v) is 13.4. The van der Waals surface area contributed by atoms with Crippen LogP contribution in [0.4, 0.5) is 0 Å². The molecule has 1 aromatic carbocycles. The molecule has 0 radical (unpaired) electrons. The van der Waals surface area contributed by atoms with Crippen molar-refractivity contribution in [3.8, 4) is 11.5 Å². The van der Waals surface area contributed by atoms with Gasteiger partial charge in [0.2, 0.25) is 0 Å². The molecular formula is C17H26N2O3. The van der Waals surface area contributed by atoms with Crippen molar-refractivity contribution >= 4 is 5.91 Å². The van der Waals surface area contributed by atoms with Crippen LogP contribution < -0.4 is 5.73 Å². The fourth-order valence-electron chi connectivity index (χ4n) is 3.06. The normalized spacial score (nSPS) is 16.3. The van der Waals surface area contributed by atoms with E-state index in [1.54, 1.807) is 11.0 Å². The van der Waals surface area contributed by atoms with Crippen LogP contribution >= 0.6 is 0 Å². The van der Waals surface area contributed by atoms with Crippen LogP contribution in [0.1, 0.15) is 54.9 Å². The van der Waals surface area contributed by atoms with Crippen molar-refractivity contribution in [1.29, 1.82) is 0 Å². The van der Waals surface area contributed by atoms with E-state index < -0.39 is 0 Å². The number of benzene rings is 1. The number of aromatic hydroxyl groups is 2. The summed E-state index contributed by atoms with van der Waals surface area (Å²) in [5.41, 5.74) is 6.54. The summed E-state index contributed by atoms with van der Waals surface area (Å²) in [5.74, 6) is 0.392. The van der Waals surface area contributed by atoms with Gasteiger partial charge in [0.05, 0.1) is 5.56 Å².